The Labute approximate surface area is 187 Å². The number of methoxy groups -OCH3 is 1. The summed E-state index contributed by atoms with van der Waals surface area (Å²) >= 11 is 0. The van der Waals surface area contributed by atoms with Gasteiger partial charge in [-0.3, -0.25) is 9.59 Å². The fraction of sp³-hybridized carbons (Fsp3) is 0.440. The first-order valence-electron chi connectivity index (χ1n) is 11.0. The summed E-state index contributed by atoms with van der Waals surface area (Å²) in [6, 6.07) is 13.9. The van der Waals surface area contributed by atoms with E-state index in [4.69, 9.17) is 9.47 Å². The topological polar surface area (TPSA) is 59.1 Å². The molecular weight excluding hydrogens is 411 g/mol. The van der Waals surface area contributed by atoms with Crippen molar-refractivity contribution in [1.29, 1.82) is 0 Å². The van der Waals surface area contributed by atoms with Crippen LogP contribution in [0.15, 0.2) is 48.5 Å². The van der Waals surface area contributed by atoms with Gasteiger partial charge in [0.05, 0.1) is 19.3 Å². The van der Waals surface area contributed by atoms with E-state index in [1.54, 1.807) is 19.2 Å². The Morgan fingerprint density at radius 3 is 2.50 bits per heavy atom. The summed E-state index contributed by atoms with van der Waals surface area (Å²) in [6.45, 7) is 2.21. The van der Waals surface area contributed by atoms with Crippen molar-refractivity contribution < 1.29 is 23.5 Å². The van der Waals surface area contributed by atoms with Gasteiger partial charge in [-0.1, -0.05) is 24.3 Å². The van der Waals surface area contributed by atoms with Crippen molar-refractivity contribution in [2.45, 2.75) is 37.8 Å². The molecule has 170 valence electrons. The molecule has 6 nitrogen and oxygen atoms in total. The average Bonchev–Trinajstić information content (AvgIpc) is 3.24. The number of aryl methyl sites for hydroxylation is 1. The van der Waals surface area contributed by atoms with Crippen molar-refractivity contribution >= 4 is 11.8 Å². The Morgan fingerprint density at radius 1 is 1.12 bits per heavy atom. The lowest BCUT2D eigenvalue weighted by Gasteiger charge is -2.40. The standard InChI is InChI=1S/C25H29FN2O4/c1-31-22-9-4-19(5-10-22)6-11-23(29)27-14-12-24(30)28(25(17-27)13-15-32-18-25)16-20-2-7-21(26)8-3-20/h2-5,7-10H,6,11-18H2,1H3. The van der Waals surface area contributed by atoms with Crippen LogP contribution >= 0.6 is 0 Å². The molecule has 0 radical (unpaired) electrons. The quantitative estimate of drug-likeness (QED) is 0.692. The van der Waals surface area contributed by atoms with Gasteiger partial charge in [-0.15, -0.1) is 0 Å². The molecule has 32 heavy (non-hydrogen) atoms. The van der Waals surface area contributed by atoms with Gasteiger partial charge in [-0.2, -0.15) is 0 Å². The molecule has 2 fully saturated rings. The van der Waals surface area contributed by atoms with E-state index in [9.17, 15) is 14.0 Å². The Morgan fingerprint density at radius 2 is 1.84 bits per heavy atom. The number of carbonyl (C=O) groups excluding carboxylic acids is 2. The highest BCUT2D eigenvalue weighted by molar-refractivity contribution is 5.81. The van der Waals surface area contributed by atoms with Crippen molar-refractivity contribution in [3.8, 4) is 5.75 Å². The van der Waals surface area contributed by atoms with Crippen LogP contribution in [0.5, 0.6) is 5.75 Å². The highest BCUT2D eigenvalue weighted by Gasteiger charge is 2.46. The van der Waals surface area contributed by atoms with Gasteiger partial charge in [-0.05, 0) is 48.2 Å². The van der Waals surface area contributed by atoms with Gasteiger partial charge < -0.3 is 19.3 Å². The first-order valence-corrected chi connectivity index (χ1v) is 11.0. The van der Waals surface area contributed by atoms with E-state index in [1.807, 2.05) is 34.1 Å². The normalized spacial score (nSPS) is 21.1. The zero-order chi connectivity index (χ0) is 22.6. The summed E-state index contributed by atoms with van der Waals surface area (Å²) < 4.78 is 24.2. The second kappa shape index (κ2) is 9.69. The molecule has 4 rings (SSSR count). The maximum Gasteiger partial charge on any atom is 0.225 e. The number of ether oxygens (including phenoxy) is 2. The van der Waals surface area contributed by atoms with Gasteiger partial charge >= 0.3 is 0 Å². The van der Waals surface area contributed by atoms with Gasteiger partial charge in [0.15, 0.2) is 0 Å². The average molecular weight is 441 g/mol. The van der Waals surface area contributed by atoms with Crippen LogP contribution < -0.4 is 4.74 Å². The van der Waals surface area contributed by atoms with Crippen LogP contribution in [0.1, 0.15) is 30.4 Å². The highest BCUT2D eigenvalue weighted by atomic mass is 19.1. The Hall–Kier alpha value is -2.93. The van der Waals surface area contributed by atoms with E-state index in [1.165, 1.54) is 12.1 Å². The minimum Gasteiger partial charge on any atom is -0.497 e. The summed E-state index contributed by atoms with van der Waals surface area (Å²) in [6.07, 6.45) is 1.98. The summed E-state index contributed by atoms with van der Waals surface area (Å²) in [7, 11) is 1.63. The van der Waals surface area contributed by atoms with Gasteiger partial charge in [0, 0.05) is 39.1 Å². The number of amides is 2. The first-order chi connectivity index (χ1) is 15.5. The molecule has 2 amide bonds. The van der Waals surface area contributed by atoms with Crippen LogP contribution in [0.4, 0.5) is 4.39 Å². The van der Waals surface area contributed by atoms with Crippen LogP contribution in [-0.4, -0.2) is 60.6 Å². The van der Waals surface area contributed by atoms with Crippen molar-refractivity contribution in [3.05, 3.63) is 65.5 Å². The van der Waals surface area contributed by atoms with E-state index in [0.717, 1.165) is 16.9 Å². The molecule has 2 heterocycles. The Balaban J connectivity index is 1.46. The summed E-state index contributed by atoms with van der Waals surface area (Å²) in [5.41, 5.74) is 1.39. The fourth-order valence-electron chi connectivity index (χ4n) is 4.53. The number of carbonyl (C=O) groups is 2. The van der Waals surface area contributed by atoms with Crippen LogP contribution in [-0.2, 0) is 27.3 Å². The van der Waals surface area contributed by atoms with Gasteiger partial charge in [0.25, 0.3) is 0 Å². The third-order valence-electron chi connectivity index (χ3n) is 6.43. The molecule has 1 atom stereocenters. The van der Waals surface area contributed by atoms with E-state index >= 15 is 0 Å². The predicted molar refractivity (Wildman–Crippen MR) is 118 cm³/mol. The Bertz CT molecular complexity index is 939. The number of rotatable bonds is 6. The molecule has 7 heteroatoms. The van der Waals surface area contributed by atoms with Crippen LogP contribution in [0.2, 0.25) is 0 Å². The summed E-state index contributed by atoms with van der Waals surface area (Å²) in [5.74, 6) is 0.535. The SMILES string of the molecule is COc1ccc(CCC(=O)N2CCC(=O)N(Cc3ccc(F)cc3)C3(CCOC3)C2)cc1. The third-order valence-corrected chi connectivity index (χ3v) is 6.43. The third kappa shape index (κ3) is 4.93. The molecule has 0 saturated carbocycles. The van der Waals surface area contributed by atoms with E-state index in [2.05, 4.69) is 0 Å². The summed E-state index contributed by atoms with van der Waals surface area (Å²) in [5, 5.41) is 0. The van der Waals surface area contributed by atoms with Crippen LogP contribution in [0.25, 0.3) is 0 Å². The van der Waals surface area contributed by atoms with E-state index in [0.29, 0.717) is 52.1 Å². The highest BCUT2D eigenvalue weighted by Crippen LogP contribution is 2.32. The molecule has 0 aromatic heterocycles. The number of nitrogens with zero attached hydrogens (tertiary/aromatic N) is 2. The Kier molecular flexibility index (Phi) is 6.74. The van der Waals surface area contributed by atoms with Gasteiger partial charge in [0.1, 0.15) is 11.6 Å². The van der Waals surface area contributed by atoms with Gasteiger partial charge in [0.2, 0.25) is 11.8 Å². The largest absolute Gasteiger partial charge is 0.497 e. The van der Waals surface area contributed by atoms with Crippen molar-refractivity contribution in [2.24, 2.45) is 0 Å². The molecule has 0 aliphatic carbocycles. The van der Waals surface area contributed by atoms with Crippen molar-refractivity contribution in [2.75, 3.05) is 33.4 Å². The molecule has 2 aromatic rings. The maximum atomic E-state index is 13.3. The minimum absolute atomic E-state index is 0.00489. The van der Waals surface area contributed by atoms with Crippen LogP contribution in [0, 0.1) is 5.82 Å². The molecule has 0 bridgehead atoms. The first kappa shape index (κ1) is 22.3. The lowest BCUT2D eigenvalue weighted by atomic mass is 9.94. The fourth-order valence-corrected chi connectivity index (χ4v) is 4.53. The van der Waals surface area contributed by atoms with Gasteiger partial charge in [-0.25, -0.2) is 4.39 Å². The van der Waals surface area contributed by atoms with E-state index in [-0.39, 0.29) is 24.1 Å². The minimum atomic E-state index is -0.544. The van der Waals surface area contributed by atoms with Crippen LogP contribution in [0.3, 0.4) is 0 Å². The van der Waals surface area contributed by atoms with Crippen molar-refractivity contribution in [3.63, 3.8) is 0 Å². The zero-order valence-electron chi connectivity index (χ0n) is 18.4. The predicted octanol–water partition coefficient (Wildman–Crippen LogP) is 3.19. The molecule has 0 N–H and O–H groups in total. The second-order valence-corrected chi connectivity index (χ2v) is 8.55. The molecule has 2 aliphatic rings. The lowest BCUT2D eigenvalue weighted by Crippen LogP contribution is -2.56. The zero-order valence-corrected chi connectivity index (χ0v) is 18.4. The number of hydrogen-bond donors (Lipinski definition) is 0. The molecule has 1 spiro atoms. The number of halogens is 1. The molecule has 2 aromatic carbocycles. The smallest absolute Gasteiger partial charge is 0.225 e. The molecule has 1 unspecified atom stereocenters. The number of benzene rings is 2. The van der Waals surface area contributed by atoms with Crippen molar-refractivity contribution in [1.82, 2.24) is 9.80 Å². The molecule has 2 saturated heterocycles. The van der Waals surface area contributed by atoms with E-state index < -0.39 is 5.54 Å². The molecule has 2 aliphatic heterocycles. The monoisotopic (exact) mass is 440 g/mol. The lowest BCUT2D eigenvalue weighted by molar-refractivity contribution is -0.138. The molecular formula is C25H29FN2O4. The maximum absolute atomic E-state index is 13.3. The number of hydrogen-bond acceptors (Lipinski definition) is 4. The second-order valence-electron chi connectivity index (χ2n) is 8.55. The summed E-state index contributed by atoms with van der Waals surface area (Å²) in [4.78, 5) is 29.9.